The van der Waals surface area contributed by atoms with Gasteiger partial charge in [0.1, 0.15) is 24.4 Å². The van der Waals surface area contributed by atoms with Crippen LogP contribution in [0, 0.1) is 10.1 Å². The molecule has 0 aromatic heterocycles. The topological polar surface area (TPSA) is 87.9 Å². The largest absolute Gasteiger partial charge is 0.486 e. The van der Waals surface area contributed by atoms with E-state index < -0.39 is 16.5 Å². The zero-order valence-electron chi connectivity index (χ0n) is 15.9. The van der Waals surface area contributed by atoms with Gasteiger partial charge in [-0.15, -0.1) is 0 Å². The summed E-state index contributed by atoms with van der Waals surface area (Å²) in [5.74, 6) is 0.641. The van der Waals surface area contributed by atoms with E-state index in [4.69, 9.17) is 14.2 Å². The highest BCUT2D eigenvalue weighted by Gasteiger charge is 2.25. The zero-order valence-corrected chi connectivity index (χ0v) is 15.9. The Morgan fingerprint density at radius 1 is 1.04 bits per heavy atom. The first-order valence-electron chi connectivity index (χ1n) is 8.82. The summed E-state index contributed by atoms with van der Waals surface area (Å²) in [6, 6.07) is 9.94. The number of nitro benzene ring substituents is 1. The molecule has 2 aromatic carbocycles. The molecule has 0 spiro atoms. The predicted octanol–water partition coefficient (Wildman–Crippen LogP) is 4.49. The van der Waals surface area contributed by atoms with Crippen molar-refractivity contribution in [2.24, 2.45) is 0 Å². The number of nitrogens with zero attached hydrogens (tertiary/aromatic N) is 1. The Kier molecular flexibility index (Phi) is 5.35. The summed E-state index contributed by atoms with van der Waals surface area (Å²) in [7, 11) is 0. The van der Waals surface area contributed by atoms with Gasteiger partial charge in [0.2, 0.25) is 0 Å². The molecule has 2 aromatic rings. The van der Waals surface area contributed by atoms with Gasteiger partial charge in [-0.05, 0) is 50.1 Å². The van der Waals surface area contributed by atoms with Crippen LogP contribution in [0.2, 0.25) is 0 Å². The van der Waals surface area contributed by atoms with Crippen LogP contribution in [0.4, 0.5) is 5.69 Å². The van der Waals surface area contributed by atoms with E-state index in [1.54, 1.807) is 32.9 Å². The second kappa shape index (κ2) is 7.72. The number of hydrogen-bond acceptors (Lipinski definition) is 6. The summed E-state index contributed by atoms with van der Waals surface area (Å²) in [5.41, 5.74) is 0.355. The minimum atomic E-state index is -0.734. The normalized spacial score (nSPS) is 13.4. The van der Waals surface area contributed by atoms with Crippen molar-refractivity contribution in [3.05, 3.63) is 63.2 Å². The molecular formula is C21H21NO6. The SMILES string of the molecule is CC(C)(C)OC(=O)c1ccc(C=Cc2ccc3c(c2)OCCO3)cc1[N+](=O)[O-]. The molecule has 0 saturated carbocycles. The average molecular weight is 383 g/mol. The first-order chi connectivity index (χ1) is 13.2. The lowest BCUT2D eigenvalue weighted by atomic mass is 10.1. The number of carbonyl (C=O) groups is 1. The van der Waals surface area contributed by atoms with Crippen LogP contribution in [0.25, 0.3) is 12.2 Å². The van der Waals surface area contributed by atoms with E-state index in [0.717, 1.165) is 5.56 Å². The predicted molar refractivity (Wildman–Crippen MR) is 105 cm³/mol. The Morgan fingerprint density at radius 2 is 1.64 bits per heavy atom. The molecule has 7 nitrogen and oxygen atoms in total. The van der Waals surface area contributed by atoms with Crippen LogP contribution in [0.5, 0.6) is 11.5 Å². The third kappa shape index (κ3) is 4.68. The molecule has 0 N–H and O–H groups in total. The monoisotopic (exact) mass is 383 g/mol. The maximum atomic E-state index is 12.2. The Bertz CT molecular complexity index is 942. The maximum absolute atomic E-state index is 12.2. The van der Waals surface area contributed by atoms with E-state index >= 15 is 0 Å². The lowest BCUT2D eigenvalue weighted by Gasteiger charge is -2.19. The number of ether oxygens (including phenoxy) is 3. The minimum absolute atomic E-state index is 0.0728. The van der Waals surface area contributed by atoms with Crippen molar-refractivity contribution in [3.63, 3.8) is 0 Å². The van der Waals surface area contributed by atoms with Crippen molar-refractivity contribution in [2.45, 2.75) is 26.4 Å². The third-order valence-electron chi connectivity index (χ3n) is 3.87. The molecule has 0 bridgehead atoms. The second-order valence-electron chi connectivity index (χ2n) is 7.27. The average Bonchev–Trinajstić information content (AvgIpc) is 2.64. The van der Waals surface area contributed by atoms with Gasteiger partial charge in [-0.1, -0.05) is 24.3 Å². The molecule has 146 valence electrons. The lowest BCUT2D eigenvalue weighted by molar-refractivity contribution is -0.385. The Hall–Kier alpha value is -3.35. The van der Waals surface area contributed by atoms with E-state index in [2.05, 4.69) is 0 Å². The fourth-order valence-electron chi connectivity index (χ4n) is 2.67. The Balaban J connectivity index is 1.85. The lowest BCUT2D eigenvalue weighted by Crippen LogP contribution is -2.24. The highest BCUT2D eigenvalue weighted by Crippen LogP contribution is 2.31. The van der Waals surface area contributed by atoms with E-state index in [1.165, 1.54) is 12.1 Å². The highest BCUT2D eigenvalue weighted by atomic mass is 16.6. The molecule has 0 unspecified atom stereocenters. The van der Waals surface area contributed by atoms with E-state index in [0.29, 0.717) is 30.3 Å². The van der Waals surface area contributed by atoms with E-state index in [1.807, 2.05) is 24.3 Å². The van der Waals surface area contributed by atoms with Crippen LogP contribution in [-0.2, 0) is 4.74 Å². The summed E-state index contributed by atoms with van der Waals surface area (Å²) in [6.45, 7) is 6.15. The molecule has 0 aliphatic carbocycles. The molecule has 0 amide bonds. The van der Waals surface area contributed by atoms with Crippen LogP contribution in [0.1, 0.15) is 42.3 Å². The summed E-state index contributed by atoms with van der Waals surface area (Å²) < 4.78 is 16.3. The van der Waals surface area contributed by atoms with Gasteiger partial charge in [0.05, 0.1) is 4.92 Å². The number of esters is 1. The van der Waals surface area contributed by atoms with Crippen molar-refractivity contribution < 1.29 is 23.9 Å². The quantitative estimate of drug-likeness (QED) is 0.334. The van der Waals surface area contributed by atoms with Crippen molar-refractivity contribution in [1.29, 1.82) is 0 Å². The molecule has 3 rings (SSSR count). The summed E-state index contributed by atoms with van der Waals surface area (Å²) >= 11 is 0. The van der Waals surface area contributed by atoms with Gasteiger partial charge in [-0.3, -0.25) is 10.1 Å². The van der Waals surface area contributed by atoms with Gasteiger partial charge in [0.15, 0.2) is 11.5 Å². The van der Waals surface area contributed by atoms with Crippen molar-refractivity contribution in [2.75, 3.05) is 13.2 Å². The van der Waals surface area contributed by atoms with Gasteiger partial charge < -0.3 is 14.2 Å². The van der Waals surface area contributed by atoms with Crippen molar-refractivity contribution in [1.82, 2.24) is 0 Å². The summed E-state index contributed by atoms with van der Waals surface area (Å²) in [5, 5.41) is 11.4. The van der Waals surface area contributed by atoms with Crippen LogP contribution in [0.15, 0.2) is 36.4 Å². The number of benzene rings is 2. The molecule has 1 aliphatic rings. The highest BCUT2D eigenvalue weighted by molar-refractivity contribution is 5.94. The Labute approximate surface area is 162 Å². The van der Waals surface area contributed by atoms with Gasteiger partial charge >= 0.3 is 5.97 Å². The second-order valence-corrected chi connectivity index (χ2v) is 7.27. The molecule has 1 aliphatic heterocycles. The number of carbonyl (C=O) groups excluding carboxylic acids is 1. The number of rotatable bonds is 4. The third-order valence-corrected chi connectivity index (χ3v) is 3.87. The van der Waals surface area contributed by atoms with Crippen LogP contribution >= 0.6 is 0 Å². The minimum Gasteiger partial charge on any atom is -0.486 e. The van der Waals surface area contributed by atoms with Gasteiger partial charge in [0, 0.05) is 6.07 Å². The summed E-state index contributed by atoms with van der Waals surface area (Å²) in [4.78, 5) is 23.1. The number of fused-ring (bicyclic) bond motifs is 1. The van der Waals surface area contributed by atoms with Crippen molar-refractivity contribution >= 4 is 23.8 Å². The van der Waals surface area contributed by atoms with Gasteiger partial charge in [-0.2, -0.15) is 0 Å². The molecule has 1 heterocycles. The molecule has 0 fully saturated rings. The van der Waals surface area contributed by atoms with E-state index in [-0.39, 0.29) is 11.3 Å². The van der Waals surface area contributed by atoms with Gasteiger partial charge in [-0.25, -0.2) is 4.79 Å². The van der Waals surface area contributed by atoms with Gasteiger partial charge in [0.25, 0.3) is 5.69 Å². The van der Waals surface area contributed by atoms with Crippen LogP contribution in [0.3, 0.4) is 0 Å². The first-order valence-corrected chi connectivity index (χ1v) is 8.82. The van der Waals surface area contributed by atoms with Crippen LogP contribution in [-0.4, -0.2) is 29.7 Å². The standard InChI is InChI=1S/C21H21NO6/c1-21(2,3)28-20(23)16-8-6-14(12-17(16)22(24)25)4-5-15-7-9-18-19(13-15)27-11-10-26-18/h4-9,12-13H,10-11H2,1-3H3. The zero-order chi connectivity index (χ0) is 20.3. The molecular weight excluding hydrogens is 362 g/mol. The number of hydrogen-bond donors (Lipinski definition) is 0. The molecule has 0 radical (unpaired) electrons. The molecule has 0 saturated heterocycles. The summed E-state index contributed by atoms with van der Waals surface area (Å²) in [6.07, 6.45) is 3.54. The molecule has 28 heavy (non-hydrogen) atoms. The smallest absolute Gasteiger partial charge is 0.345 e. The fourth-order valence-corrected chi connectivity index (χ4v) is 2.67. The first kappa shape index (κ1) is 19.4. The fraction of sp³-hybridized carbons (Fsp3) is 0.286. The van der Waals surface area contributed by atoms with E-state index in [9.17, 15) is 14.9 Å². The number of nitro groups is 1. The Morgan fingerprint density at radius 3 is 2.29 bits per heavy atom. The molecule has 0 atom stereocenters. The molecule has 7 heteroatoms. The van der Waals surface area contributed by atoms with Crippen LogP contribution < -0.4 is 9.47 Å². The van der Waals surface area contributed by atoms with Crippen molar-refractivity contribution in [3.8, 4) is 11.5 Å². The maximum Gasteiger partial charge on any atom is 0.345 e.